The normalized spacial score (nSPS) is 9.12. The van der Waals surface area contributed by atoms with Crippen molar-refractivity contribution in [1.82, 2.24) is 0 Å². The first-order chi connectivity index (χ1) is 3.41. The molecule has 8 heteroatoms. The molecule has 0 fully saturated rings. The van der Waals surface area contributed by atoms with Crippen LogP contribution in [0, 0.1) is 0 Å². The van der Waals surface area contributed by atoms with Gasteiger partial charge in [0.2, 0.25) is 0 Å². The van der Waals surface area contributed by atoms with Gasteiger partial charge in [-0.1, -0.05) is 0 Å². The molecule has 8 heavy (non-hydrogen) atoms. The van der Waals surface area contributed by atoms with Crippen LogP contribution < -0.4 is 9.43 Å². The third kappa shape index (κ3) is 642. The quantitative estimate of drug-likeness (QED) is 0.195. The molecule has 0 aliphatic carbocycles. The van der Waals surface area contributed by atoms with Crippen molar-refractivity contribution < 1.29 is 19.2 Å². The first kappa shape index (κ1) is 11.4. The summed E-state index contributed by atoms with van der Waals surface area (Å²) in [6, 6.07) is 0. The van der Waals surface area contributed by atoms with Gasteiger partial charge in [0.15, 0.2) is 0 Å². The topological polar surface area (TPSA) is 130 Å². The average molecular weight is 157 g/mol. The van der Waals surface area contributed by atoms with E-state index < -0.39 is 7.82 Å². The van der Waals surface area contributed by atoms with Crippen molar-refractivity contribution in [2.45, 2.75) is 0 Å². The molecule has 0 heterocycles. The summed E-state index contributed by atoms with van der Waals surface area (Å²) in [6.45, 7) is 0. The molecular weight excluding hydrogens is 150 g/mol. The van der Waals surface area contributed by atoms with Crippen molar-refractivity contribution in [3.63, 3.8) is 0 Å². The lowest BCUT2D eigenvalue weighted by atomic mass is 13.9. The highest BCUT2D eigenvalue weighted by atomic mass is 31.2. The Morgan fingerprint density at radius 3 is 1.25 bits per heavy atom. The molecule has 0 spiro atoms. The van der Waals surface area contributed by atoms with Gasteiger partial charge in [-0.15, -0.1) is 0 Å². The van der Waals surface area contributed by atoms with Gasteiger partial charge in [-0.25, -0.2) is 4.57 Å². The SMILES string of the molecule is O=P(O)(O)O.[NH2][Al][NH2]. The first-order valence-corrected chi connectivity index (χ1v) is 4.35. The number of hydrogen-bond acceptors (Lipinski definition) is 3. The summed E-state index contributed by atoms with van der Waals surface area (Å²) in [4.78, 5) is 21.6. The lowest BCUT2D eigenvalue weighted by Crippen LogP contribution is -2.15. The summed E-state index contributed by atoms with van der Waals surface area (Å²) in [5.41, 5.74) is 0. The van der Waals surface area contributed by atoms with E-state index in [9.17, 15) is 0 Å². The minimum absolute atomic E-state index is 0.250. The maximum atomic E-state index is 8.88. The van der Waals surface area contributed by atoms with Gasteiger partial charge in [0, 0.05) is 0 Å². The van der Waals surface area contributed by atoms with Crippen molar-refractivity contribution >= 4 is 23.5 Å². The van der Waals surface area contributed by atoms with Crippen molar-refractivity contribution in [3.8, 4) is 0 Å². The number of phosphoric acid groups is 1. The second-order valence-corrected chi connectivity index (χ2v) is 2.12. The van der Waals surface area contributed by atoms with Gasteiger partial charge >= 0.3 is 23.5 Å². The molecule has 0 saturated heterocycles. The molecule has 0 atom stereocenters. The Morgan fingerprint density at radius 2 is 1.25 bits per heavy atom. The monoisotopic (exact) mass is 157 g/mol. The highest BCUT2D eigenvalue weighted by molar-refractivity contribution is 7.45. The van der Waals surface area contributed by atoms with Gasteiger partial charge in [0.25, 0.3) is 0 Å². The lowest BCUT2D eigenvalue weighted by molar-refractivity contribution is 0.275. The molecule has 0 amide bonds. The van der Waals surface area contributed by atoms with E-state index in [0.29, 0.717) is 0 Å². The van der Waals surface area contributed by atoms with Crippen LogP contribution >= 0.6 is 7.82 Å². The summed E-state index contributed by atoms with van der Waals surface area (Å²) < 4.78 is 18.3. The van der Waals surface area contributed by atoms with Crippen LogP contribution in [0.15, 0.2) is 0 Å². The third-order valence-electron chi connectivity index (χ3n) is 0. The molecule has 0 bridgehead atoms. The Bertz CT molecular complexity index is 69.8. The molecule has 0 unspecified atom stereocenters. The van der Waals surface area contributed by atoms with Gasteiger partial charge in [0.1, 0.15) is 0 Å². The van der Waals surface area contributed by atoms with Gasteiger partial charge in [0.05, 0.1) is 0 Å². The molecule has 0 aromatic heterocycles. The molecule has 7 N–H and O–H groups in total. The minimum atomic E-state index is -4.64. The molecular formula is H7AlN2O4P. The van der Waals surface area contributed by atoms with Crippen molar-refractivity contribution in [3.05, 3.63) is 0 Å². The van der Waals surface area contributed by atoms with E-state index in [1.165, 1.54) is 0 Å². The van der Waals surface area contributed by atoms with E-state index in [4.69, 9.17) is 28.7 Å². The van der Waals surface area contributed by atoms with Crippen LogP contribution in [0.25, 0.3) is 0 Å². The Hall–Kier alpha value is 0.562. The molecule has 0 aromatic rings. The molecule has 0 aliphatic heterocycles. The zero-order chi connectivity index (χ0) is 7.21. The van der Waals surface area contributed by atoms with Crippen LogP contribution in [-0.4, -0.2) is 30.3 Å². The second kappa shape index (κ2) is 5.69. The fourth-order valence-electron chi connectivity index (χ4n) is 0. The molecule has 0 aliphatic rings. The maximum Gasteiger partial charge on any atom is 0.466 e. The second-order valence-electron chi connectivity index (χ2n) is 0.706. The Balaban J connectivity index is 0. The summed E-state index contributed by atoms with van der Waals surface area (Å²) in [6.07, 6.45) is 0. The zero-order valence-electron chi connectivity index (χ0n) is 3.93. The van der Waals surface area contributed by atoms with Crippen LogP contribution in [0.1, 0.15) is 0 Å². The summed E-state index contributed by atoms with van der Waals surface area (Å²) >= 11 is -0.250. The fourth-order valence-corrected chi connectivity index (χ4v) is 0. The van der Waals surface area contributed by atoms with E-state index in [2.05, 4.69) is 0 Å². The maximum absolute atomic E-state index is 8.88. The Kier molecular flexibility index (Phi) is 8.09. The van der Waals surface area contributed by atoms with Crippen LogP contribution in [0.3, 0.4) is 0 Å². The average Bonchev–Trinajstić information content (AvgIpc) is 1.27. The van der Waals surface area contributed by atoms with Crippen molar-refractivity contribution in [1.29, 1.82) is 0 Å². The van der Waals surface area contributed by atoms with Crippen LogP contribution in [0.5, 0.6) is 0 Å². The summed E-state index contributed by atoms with van der Waals surface area (Å²) in [7, 11) is -4.64. The Morgan fingerprint density at radius 1 is 1.25 bits per heavy atom. The highest BCUT2D eigenvalue weighted by Crippen LogP contribution is 2.25. The van der Waals surface area contributed by atoms with E-state index >= 15 is 0 Å². The Labute approximate surface area is 52.9 Å². The standard InChI is InChI=1S/Al.2H2N.H3O4P/c;;;1-5(2,3)4/h;2*1H2;(H3,1,2,3,4)/q+2;2*-1;. The van der Waals surface area contributed by atoms with Gasteiger partial charge < -0.3 is 24.1 Å². The van der Waals surface area contributed by atoms with E-state index in [-0.39, 0.29) is 15.7 Å². The van der Waals surface area contributed by atoms with Crippen LogP contribution in [0.2, 0.25) is 0 Å². The molecule has 0 aromatic carbocycles. The largest absolute Gasteiger partial charge is 0.466 e. The van der Waals surface area contributed by atoms with Gasteiger partial charge in [-0.2, -0.15) is 0 Å². The fraction of sp³-hybridized carbons (Fsp3) is 0. The molecule has 0 saturated carbocycles. The molecule has 49 valence electrons. The van der Waals surface area contributed by atoms with E-state index in [1.54, 1.807) is 0 Å². The van der Waals surface area contributed by atoms with E-state index in [0.717, 1.165) is 0 Å². The third-order valence-corrected chi connectivity index (χ3v) is 0. The summed E-state index contributed by atoms with van der Waals surface area (Å²) in [5, 5.41) is 0. The van der Waals surface area contributed by atoms with Gasteiger partial charge in [-0.3, -0.25) is 0 Å². The number of rotatable bonds is 0. The molecule has 6 nitrogen and oxygen atoms in total. The molecule has 0 rings (SSSR count). The van der Waals surface area contributed by atoms with Crippen LogP contribution in [0.4, 0.5) is 0 Å². The number of hydrogen-bond donors (Lipinski definition) is 5. The van der Waals surface area contributed by atoms with E-state index in [1.807, 2.05) is 0 Å². The van der Waals surface area contributed by atoms with Crippen molar-refractivity contribution in [2.75, 3.05) is 0 Å². The number of nitrogens with two attached hydrogens (primary N) is 2. The lowest BCUT2D eigenvalue weighted by Gasteiger charge is -1.82. The highest BCUT2D eigenvalue weighted by Gasteiger charge is 2.00. The predicted octanol–water partition coefficient (Wildman–Crippen LogP) is -2.49. The van der Waals surface area contributed by atoms with Gasteiger partial charge in [-0.05, 0) is 0 Å². The minimum Gasteiger partial charge on any atom is -0.406 e. The molecule has 1 radical (unpaired) electrons. The predicted molar refractivity (Wildman–Crippen MR) is 28.4 cm³/mol. The van der Waals surface area contributed by atoms with Crippen molar-refractivity contribution in [2.24, 2.45) is 9.43 Å². The zero-order valence-corrected chi connectivity index (χ0v) is 5.98. The van der Waals surface area contributed by atoms with Crippen LogP contribution in [-0.2, 0) is 4.57 Å². The smallest absolute Gasteiger partial charge is 0.406 e. The first-order valence-electron chi connectivity index (χ1n) is 1.45. The summed E-state index contributed by atoms with van der Waals surface area (Å²) in [5.74, 6) is 0.